The lowest BCUT2D eigenvalue weighted by atomic mass is 10.0. The Hall–Kier alpha value is -1.53. The first-order valence-corrected chi connectivity index (χ1v) is 6.32. The van der Waals surface area contributed by atoms with Crippen LogP contribution in [-0.2, 0) is 11.3 Å². The summed E-state index contributed by atoms with van der Waals surface area (Å²) in [6.45, 7) is 4.11. The summed E-state index contributed by atoms with van der Waals surface area (Å²) in [6.07, 6.45) is 1.03. The predicted molar refractivity (Wildman–Crippen MR) is 68.3 cm³/mol. The molecule has 6 heteroatoms. The molecule has 19 heavy (non-hydrogen) atoms. The number of hydrogen-bond acceptors (Lipinski definition) is 4. The maximum Gasteiger partial charge on any atom is 0.304 e. The summed E-state index contributed by atoms with van der Waals surface area (Å²) in [5.41, 5.74) is 0.217. The van der Waals surface area contributed by atoms with Gasteiger partial charge in [-0.3, -0.25) is 10.1 Å². The molecule has 0 bridgehead atoms. The zero-order valence-corrected chi connectivity index (χ0v) is 10.8. The number of benzene rings is 1. The second kappa shape index (κ2) is 6.08. The first-order valence-electron chi connectivity index (χ1n) is 6.32. The third-order valence-corrected chi connectivity index (χ3v) is 3.51. The Morgan fingerprint density at radius 2 is 2.42 bits per heavy atom. The van der Waals surface area contributed by atoms with Crippen LogP contribution in [-0.4, -0.2) is 24.2 Å². The summed E-state index contributed by atoms with van der Waals surface area (Å²) in [7, 11) is 0. The van der Waals surface area contributed by atoms with Gasteiger partial charge in [-0.2, -0.15) is 4.39 Å². The first kappa shape index (κ1) is 13.9. The van der Waals surface area contributed by atoms with Crippen molar-refractivity contribution in [3.63, 3.8) is 0 Å². The monoisotopic (exact) mass is 268 g/mol. The Morgan fingerprint density at radius 3 is 3.00 bits per heavy atom. The molecule has 1 aromatic carbocycles. The molecule has 0 aliphatic carbocycles. The summed E-state index contributed by atoms with van der Waals surface area (Å²) in [5.74, 6) is -0.316. The van der Waals surface area contributed by atoms with E-state index in [1.165, 1.54) is 12.1 Å². The van der Waals surface area contributed by atoms with E-state index in [0.717, 1.165) is 19.6 Å². The molecule has 1 aliphatic heterocycles. The fourth-order valence-corrected chi connectivity index (χ4v) is 2.20. The number of hydrogen-bond donors (Lipinski definition) is 1. The average Bonchev–Trinajstić information content (AvgIpc) is 2.89. The highest BCUT2D eigenvalue weighted by Gasteiger charge is 2.22. The summed E-state index contributed by atoms with van der Waals surface area (Å²) < 4.78 is 18.8. The van der Waals surface area contributed by atoms with Crippen LogP contribution in [0.15, 0.2) is 18.2 Å². The number of ether oxygens (including phenoxy) is 1. The Labute approximate surface area is 110 Å². The predicted octanol–water partition coefficient (Wildman–Crippen LogP) is 2.25. The van der Waals surface area contributed by atoms with Crippen LogP contribution < -0.4 is 5.32 Å². The van der Waals surface area contributed by atoms with Crippen LogP contribution in [0.3, 0.4) is 0 Å². The van der Waals surface area contributed by atoms with Gasteiger partial charge in [0, 0.05) is 25.3 Å². The minimum atomic E-state index is -0.791. The minimum Gasteiger partial charge on any atom is -0.381 e. The Balaban J connectivity index is 1.92. The molecule has 2 atom stereocenters. The fourth-order valence-electron chi connectivity index (χ4n) is 2.20. The van der Waals surface area contributed by atoms with Crippen LogP contribution >= 0.6 is 0 Å². The van der Waals surface area contributed by atoms with Gasteiger partial charge in [-0.15, -0.1) is 0 Å². The van der Waals surface area contributed by atoms with Gasteiger partial charge in [-0.1, -0.05) is 6.07 Å². The Morgan fingerprint density at radius 1 is 1.63 bits per heavy atom. The van der Waals surface area contributed by atoms with Crippen molar-refractivity contribution < 1.29 is 14.1 Å². The highest BCUT2D eigenvalue weighted by molar-refractivity contribution is 5.34. The average molecular weight is 268 g/mol. The SMILES string of the molecule is CC(NCc1ccc([N+](=O)[O-])c(F)c1)C1CCOC1. The standard InChI is InChI=1S/C13H17FN2O3/c1-9(11-4-5-19-8-11)15-7-10-2-3-13(16(17)18)12(14)6-10/h2-3,6,9,11,15H,4-5,7-8H2,1H3. The van der Waals surface area contributed by atoms with Gasteiger partial charge in [-0.25, -0.2) is 0 Å². The van der Waals surface area contributed by atoms with Gasteiger partial charge < -0.3 is 10.1 Å². The lowest BCUT2D eigenvalue weighted by Gasteiger charge is -2.19. The van der Waals surface area contributed by atoms with E-state index in [2.05, 4.69) is 12.2 Å². The third-order valence-electron chi connectivity index (χ3n) is 3.51. The van der Waals surface area contributed by atoms with Crippen molar-refractivity contribution >= 4 is 5.69 Å². The number of nitrogens with one attached hydrogen (secondary N) is 1. The lowest BCUT2D eigenvalue weighted by molar-refractivity contribution is -0.387. The fraction of sp³-hybridized carbons (Fsp3) is 0.538. The van der Waals surface area contributed by atoms with Gasteiger partial charge in [0.1, 0.15) is 0 Å². The van der Waals surface area contributed by atoms with Crippen molar-refractivity contribution in [3.8, 4) is 0 Å². The van der Waals surface area contributed by atoms with E-state index >= 15 is 0 Å². The zero-order valence-electron chi connectivity index (χ0n) is 10.8. The van der Waals surface area contributed by atoms with Gasteiger partial charge in [0.05, 0.1) is 11.5 Å². The number of halogens is 1. The quantitative estimate of drug-likeness (QED) is 0.657. The molecule has 1 fully saturated rings. The minimum absolute atomic E-state index is 0.278. The van der Waals surface area contributed by atoms with Crippen molar-refractivity contribution in [2.45, 2.75) is 25.9 Å². The molecule has 0 saturated carbocycles. The number of rotatable bonds is 5. The number of nitro benzene ring substituents is 1. The molecule has 2 unspecified atom stereocenters. The maximum absolute atomic E-state index is 13.4. The normalized spacial score (nSPS) is 20.4. The third kappa shape index (κ3) is 3.48. The highest BCUT2D eigenvalue weighted by atomic mass is 19.1. The summed E-state index contributed by atoms with van der Waals surface area (Å²) in [6, 6.07) is 4.27. The van der Waals surface area contributed by atoms with Crippen molar-refractivity contribution in [1.82, 2.24) is 5.32 Å². The Kier molecular flexibility index (Phi) is 4.44. The lowest BCUT2D eigenvalue weighted by Crippen LogP contribution is -2.33. The van der Waals surface area contributed by atoms with E-state index in [9.17, 15) is 14.5 Å². The molecule has 5 nitrogen and oxygen atoms in total. The topological polar surface area (TPSA) is 64.4 Å². The van der Waals surface area contributed by atoms with Crippen molar-refractivity contribution in [1.29, 1.82) is 0 Å². The summed E-state index contributed by atoms with van der Waals surface area (Å²) in [5, 5.41) is 13.8. The van der Waals surface area contributed by atoms with Gasteiger partial charge in [0.25, 0.3) is 0 Å². The molecule has 104 valence electrons. The molecule has 0 spiro atoms. The molecule has 1 aliphatic rings. The molecule has 0 aromatic heterocycles. The second-order valence-corrected chi connectivity index (χ2v) is 4.84. The van der Waals surface area contributed by atoms with E-state index in [4.69, 9.17) is 4.74 Å². The smallest absolute Gasteiger partial charge is 0.304 e. The molecule has 1 N–H and O–H groups in total. The molecule has 2 rings (SSSR count). The number of nitrogens with zero attached hydrogens (tertiary/aromatic N) is 1. The van der Waals surface area contributed by atoms with E-state index in [0.29, 0.717) is 18.0 Å². The van der Waals surface area contributed by atoms with Crippen LogP contribution in [0.2, 0.25) is 0 Å². The second-order valence-electron chi connectivity index (χ2n) is 4.84. The van der Waals surface area contributed by atoms with Gasteiger partial charge in [-0.05, 0) is 30.9 Å². The molecular formula is C13H17FN2O3. The van der Waals surface area contributed by atoms with Crippen LogP contribution in [0, 0.1) is 21.8 Å². The molecule has 1 aromatic rings. The first-order chi connectivity index (χ1) is 9.08. The van der Waals surface area contributed by atoms with Crippen LogP contribution in [0.25, 0.3) is 0 Å². The maximum atomic E-state index is 13.4. The van der Waals surface area contributed by atoms with Crippen LogP contribution in [0.4, 0.5) is 10.1 Å². The number of nitro groups is 1. The molecule has 0 radical (unpaired) electrons. The van der Waals surface area contributed by atoms with Gasteiger partial charge >= 0.3 is 5.69 Å². The van der Waals surface area contributed by atoms with E-state index < -0.39 is 16.4 Å². The van der Waals surface area contributed by atoms with E-state index in [1.807, 2.05) is 0 Å². The van der Waals surface area contributed by atoms with E-state index in [1.54, 1.807) is 6.07 Å². The highest BCUT2D eigenvalue weighted by Crippen LogP contribution is 2.19. The molecule has 1 saturated heterocycles. The molecular weight excluding hydrogens is 251 g/mol. The van der Waals surface area contributed by atoms with E-state index in [-0.39, 0.29) is 6.04 Å². The summed E-state index contributed by atoms with van der Waals surface area (Å²) >= 11 is 0. The van der Waals surface area contributed by atoms with Gasteiger partial charge in [0.2, 0.25) is 5.82 Å². The van der Waals surface area contributed by atoms with Gasteiger partial charge in [0.15, 0.2) is 0 Å². The molecule has 0 amide bonds. The largest absolute Gasteiger partial charge is 0.381 e. The summed E-state index contributed by atoms with van der Waals surface area (Å²) in [4.78, 5) is 9.79. The van der Waals surface area contributed by atoms with Crippen molar-refractivity contribution in [2.24, 2.45) is 5.92 Å². The Bertz CT molecular complexity index is 461. The van der Waals surface area contributed by atoms with Crippen molar-refractivity contribution in [3.05, 3.63) is 39.7 Å². The molecule has 1 heterocycles. The van der Waals surface area contributed by atoms with Crippen LogP contribution in [0.5, 0.6) is 0 Å². The van der Waals surface area contributed by atoms with Crippen LogP contribution in [0.1, 0.15) is 18.9 Å². The van der Waals surface area contributed by atoms with Crippen molar-refractivity contribution in [2.75, 3.05) is 13.2 Å². The zero-order chi connectivity index (χ0) is 13.8.